The van der Waals surface area contributed by atoms with Gasteiger partial charge >= 0.3 is 5.97 Å². The van der Waals surface area contributed by atoms with Crippen molar-refractivity contribution in [3.05, 3.63) is 22.4 Å². The van der Waals surface area contributed by atoms with Crippen LogP contribution < -0.4 is 5.32 Å². The number of carboxylic acid groups (broad SMARTS) is 1. The normalized spacial score (nSPS) is 11.2. The summed E-state index contributed by atoms with van der Waals surface area (Å²) >= 11 is 1.61. The fraction of sp³-hybridized carbons (Fsp3) is 0.538. The van der Waals surface area contributed by atoms with Crippen LogP contribution in [0.3, 0.4) is 0 Å². The zero-order chi connectivity index (χ0) is 13.6. The van der Waals surface area contributed by atoms with Crippen molar-refractivity contribution < 1.29 is 14.7 Å². The van der Waals surface area contributed by atoms with E-state index in [4.69, 9.17) is 5.11 Å². The Hall–Kier alpha value is -1.36. The molecule has 1 amide bonds. The van der Waals surface area contributed by atoms with Gasteiger partial charge < -0.3 is 10.4 Å². The molecule has 0 aromatic carbocycles. The average molecular weight is 269 g/mol. The van der Waals surface area contributed by atoms with Crippen LogP contribution in [0.25, 0.3) is 0 Å². The predicted octanol–water partition coefficient (Wildman–Crippen LogP) is 2.74. The Morgan fingerprint density at radius 1 is 1.33 bits per heavy atom. The van der Waals surface area contributed by atoms with Crippen molar-refractivity contribution in [1.82, 2.24) is 5.32 Å². The minimum absolute atomic E-state index is 0.0289. The maximum Gasteiger partial charge on any atom is 0.303 e. The van der Waals surface area contributed by atoms with E-state index >= 15 is 0 Å². The van der Waals surface area contributed by atoms with Crippen molar-refractivity contribution in [2.45, 2.75) is 45.1 Å². The number of hydrogen-bond acceptors (Lipinski definition) is 3. The first-order chi connectivity index (χ1) is 8.42. The van der Waals surface area contributed by atoms with E-state index in [-0.39, 0.29) is 17.9 Å². The van der Waals surface area contributed by atoms with Gasteiger partial charge in [0.2, 0.25) is 5.91 Å². The smallest absolute Gasteiger partial charge is 0.303 e. The summed E-state index contributed by atoms with van der Waals surface area (Å²) in [7, 11) is 0. The quantitative estimate of drug-likeness (QED) is 0.748. The molecule has 0 saturated carbocycles. The van der Waals surface area contributed by atoms with Crippen molar-refractivity contribution in [2.24, 2.45) is 0 Å². The van der Waals surface area contributed by atoms with Gasteiger partial charge in [-0.05, 0) is 38.1 Å². The van der Waals surface area contributed by atoms with Crippen molar-refractivity contribution in [2.75, 3.05) is 0 Å². The van der Waals surface area contributed by atoms with E-state index in [1.54, 1.807) is 11.3 Å². The lowest BCUT2D eigenvalue weighted by Gasteiger charge is -2.25. The SMILES string of the molecule is CC(C)(NC(=O)CCCCC(=O)O)c1cccs1. The van der Waals surface area contributed by atoms with Gasteiger partial charge in [0.25, 0.3) is 0 Å². The Labute approximate surface area is 111 Å². The highest BCUT2D eigenvalue weighted by molar-refractivity contribution is 7.10. The van der Waals surface area contributed by atoms with Gasteiger partial charge in [-0.15, -0.1) is 11.3 Å². The summed E-state index contributed by atoms with van der Waals surface area (Å²) in [5.74, 6) is -0.840. The lowest BCUT2D eigenvalue weighted by atomic mass is 10.0. The molecule has 0 bridgehead atoms. The van der Waals surface area contributed by atoms with Gasteiger partial charge in [-0.25, -0.2) is 0 Å². The molecule has 0 radical (unpaired) electrons. The van der Waals surface area contributed by atoms with Crippen LogP contribution in [0.4, 0.5) is 0 Å². The maximum atomic E-state index is 11.7. The number of rotatable bonds is 7. The third kappa shape index (κ3) is 4.87. The molecule has 0 fully saturated rings. The first kappa shape index (κ1) is 14.7. The molecule has 0 unspecified atom stereocenters. The third-order valence-corrected chi connectivity index (χ3v) is 3.83. The molecule has 1 aromatic rings. The fourth-order valence-corrected chi connectivity index (χ4v) is 2.48. The van der Waals surface area contributed by atoms with Crippen LogP contribution in [0.1, 0.15) is 44.4 Å². The van der Waals surface area contributed by atoms with E-state index in [2.05, 4.69) is 5.32 Å². The van der Waals surface area contributed by atoms with Crippen LogP contribution >= 0.6 is 11.3 Å². The van der Waals surface area contributed by atoms with Crippen molar-refractivity contribution >= 4 is 23.2 Å². The second kappa shape index (κ2) is 6.54. The van der Waals surface area contributed by atoms with E-state index in [9.17, 15) is 9.59 Å². The number of aliphatic carboxylic acids is 1. The van der Waals surface area contributed by atoms with Crippen molar-refractivity contribution in [1.29, 1.82) is 0 Å². The molecule has 100 valence electrons. The Morgan fingerprint density at radius 3 is 2.56 bits per heavy atom. The first-order valence-corrected chi connectivity index (χ1v) is 6.86. The Morgan fingerprint density at radius 2 is 2.00 bits per heavy atom. The number of carboxylic acids is 1. The van der Waals surface area contributed by atoms with E-state index in [1.807, 2.05) is 31.4 Å². The highest BCUT2D eigenvalue weighted by Gasteiger charge is 2.23. The molecule has 2 N–H and O–H groups in total. The van der Waals surface area contributed by atoms with E-state index in [0.717, 1.165) is 4.88 Å². The van der Waals surface area contributed by atoms with Crippen LogP contribution in [-0.4, -0.2) is 17.0 Å². The van der Waals surface area contributed by atoms with Crippen LogP contribution in [0.5, 0.6) is 0 Å². The van der Waals surface area contributed by atoms with Crippen LogP contribution in [0, 0.1) is 0 Å². The number of carbonyl (C=O) groups excluding carboxylic acids is 1. The molecule has 1 rings (SSSR count). The van der Waals surface area contributed by atoms with E-state index in [0.29, 0.717) is 19.3 Å². The summed E-state index contributed by atoms with van der Waals surface area (Å²) < 4.78 is 0. The molecule has 0 aliphatic heterocycles. The Balaban J connectivity index is 2.33. The molecule has 4 nitrogen and oxygen atoms in total. The number of thiophene rings is 1. The van der Waals surface area contributed by atoms with Gasteiger partial charge in [-0.1, -0.05) is 6.07 Å². The molecule has 0 aliphatic rings. The van der Waals surface area contributed by atoms with Crippen molar-refractivity contribution in [3.8, 4) is 0 Å². The van der Waals surface area contributed by atoms with Gasteiger partial charge in [0.05, 0.1) is 5.54 Å². The van der Waals surface area contributed by atoms with Crippen molar-refractivity contribution in [3.63, 3.8) is 0 Å². The summed E-state index contributed by atoms with van der Waals surface area (Å²) in [6, 6.07) is 3.95. The Bertz CT molecular complexity index is 398. The van der Waals surface area contributed by atoms with Crippen LogP contribution in [0.2, 0.25) is 0 Å². The largest absolute Gasteiger partial charge is 0.481 e. The third-order valence-electron chi connectivity index (χ3n) is 2.63. The average Bonchev–Trinajstić information content (AvgIpc) is 2.77. The molecule has 0 spiro atoms. The minimum atomic E-state index is -0.811. The topological polar surface area (TPSA) is 66.4 Å². The monoisotopic (exact) mass is 269 g/mol. The highest BCUT2D eigenvalue weighted by atomic mass is 32.1. The molecule has 1 heterocycles. The zero-order valence-electron chi connectivity index (χ0n) is 10.7. The lowest BCUT2D eigenvalue weighted by Crippen LogP contribution is -2.40. The van der Waals surface area contributed by atoms with E-state index in [1.165, 1.54) is 0 Å². The van der Waals surface area contributed by atoms with Crippen LogP contribution in [-0.2, 0) is 15.1 Å². The molecular formula is C13H19NO3S. The zero-order valence-corrected chi connectivity index (χ0v) is 11.5. The minimum Gasteiger partial charge on any atom is -0.481 e. The summed E-state index contributed by atoms with van der Waals surface area (Å²) in [6.45, 7) is 3.93. The second-order valence-corrected chi connectivity index (χ2v) is 5.70. The van der Waals surface area contributed by atoms with Gasteiger partial charge in [-0.3, -0.25) is 9.59 Å². The summed E-state index contributed by atoms with van der Waals surface area (Å²) in [4.78, 5) is 23.2. The molecule has 0 aliphatic carbocycles. The highest BCUT2D eigenvalue weighted by Crippen LogP contribution is 2.24. The number of hydrogen-bond donors (Lipinski definition) is 2. The number of carbonyl (C=O) groups is 2. The lowest BCUT2D eigenvalue weighted by molar-refractivity contribution is -0.137. The molecule has 1 aromatic heterocycles. The molecule has 0 saturated heterocycles. The second-order valence-electron chi connectivity index (χ2n) is 4.75. The van der Waals surface area contributed by atoms with Gasteiger partial charge in [-0.2, -0.15) is 0 Å². The maximum absolute atomic E-state index is 11.7. The first-order valence-electron chi connectivity index (χ1n) is 5.98. The number of nitrogens with one attached hydrogen (secondary N) is 1. The predicted molar refractivity (Wildman–Crippen MR) is 71.6 cm³/mol. The molecule has 0 atom stereocenters. The summed E-state index contributed by atoms with van der Waals surface area (Å²) in [5, 5.41) is 13.4. The van der Waals surface area contributed by atoms with Gasteiger partial charge in [0.15, 0.2) is 0 Å². The fourth-order valence-electron chi connectivity index (χ4n) is 1.67. The number of unbranched alkanes of at least 4 members (excludes halogenated alkanes) is 1. The molecule has 5 heteroatoms. The molecule has 18 heavy (non-hydrogen) atoms. The summed E-state index contributed by atoms with van der Waals surface area (Å²) in [6.07, 6.45) is 1.66. The Kier molecular flexibility index (Phi) is 5.34. The van der Waals surface area contributed by atoms with Gasteiger partial charge in [0.1, 0.15) is 0 Å². The number of amides is 1. The van der Waals surface area contributed by atoms with Gasteiger partial charge in [0, 0.05) is 17.7 Å². The standard InChI is InChI=1S/C13H19NO3S/c1-13(2,10-6-5-9-18-10)14-11(15)7-3-4-8-12(16)17/h5-6,9H,3-4,7-8H2,1-2H3,(H,14,15)(H,16,17). The molecular weight excluding hydrogens is 250 g/mol. The summed E-state index contributed by atoms with van der Waals surface area (Å²) in [5.41, 5.74) is -0.363. The van der Waals surface area contributed by atoms with E-state index < -0.39 is 5.97 Å². The van der Waals surface area contributed by atoms with Crippen LogP contribution in [0.15, 0.2) is 17.5 Å².